The predicted molar refractivity (Wildman–Crippen MR) is 121 cm³/mol. The molecule has 0 spiro atoms. The Hall–Kier alpha value is -3.01. The van der Waals surface area contributed by atoms with E-state index in [0.717, 1.165) is 40.8 Å². The highest BCUT2D eigenvalue weighted by atomic mass is 32.2. The van der Waals surface area contributed by atoms with E-state index in [1.807, 2.05) is 50.5 Å². The Kier molecular flexibility index (Phi) is 7.68. The topological polar surface area (TPSA) is 69.0 Å². The fourth-order valence-electron chi connectivity index (χ4n) is 3.28. The van der Waals surface area contributed by atoms with Gasteiger partial charge in [-0.25, -0.2) is 0 Å². The largest absolute Gasteiger partial charge is 0.482 e. The van der Waals surface area contributed by atoms with Crippen LogP contribution < -0.4 is 10.1 Å². The number of aromatic nitrogens is 3. The van der Waals surface area contributed by atoms with Crippen LogP contribution in [-0.4, -0.2) is 26.4 Å². The molecule has 1 unspecified atom stereocenters. The summed E-state index contributed by atoms with van der Waals surface area (Å²) in [5.74, 6) is 0.915. The van der Waals surface area contributed by atoms with Gasteiger partial charge in [0, 0.05) is 12.2 Å². The molecule has 0 aliphatic rings. The minimum atomic E-state index is -4.47. The maximum atomic E-state index is 12.9. The minimum Gasteiger partial charge on any atom is -0.482 e. The van der Waals surface area contributed by atoms with Crippen molar-refractivity contribution in [3.8, 4) is 5.75 Å². The lowest BCUT2D eigenvalue weighted by atomic mass is 10.1. The van der Waals surface area contributed by atoms with Crippen molar-refractivity contribution in [2.24, 2.45) is 0 Å². The number of rotatable bonds is 8. The van der Waals surface area contributed by atoms with Gasteiger partial charge in [0.1, 0.15) is 5.75 Å². The van der Waals surface area contributed by atoms with Gasteiger partial charge in [0.05, 0.1) is 11.3 Å². The van der Waals surface area contributed by atoms with E-state index in [4.69, 9.17) is 4.74 Å². The molecule has 0 fully saturated rings. The molecule has 0 bridgehead atoms. The van der Waals surface area contributed by atoms with Gasteiger partial charge in [-0.1, -0.05) is 35.5 Å². The zero-order valence-electron chi connectivity index (χ0n) is 18.7. The molecule has 6 nitrogen and oxygen atoms in total. The van der Waals surface area contributed by atoms with E-state index in [1.54, 1.807) is 0 Å². The Labute approximate surface area is 194 Å². The number of anilines is 1. The number of carbonyl (C=O) groups excluding carboxylic acids is 1. The summed E-state index contributed by atoms with van der Waals surface area (Å²) in [6, 6.07) is 10.5. The van der Waals surface area contributed by atoms with Crippen molar-refractivity contribution < 1.29 is 22.7 Å². The summed E-state index contributed by atoms with van der Waals surface area (Å²) in [5.41, 5.74) is 1.43. The van der Waals surface area contributed by atoms with Crippen LogP contribution >= 0.6 is 11.8 Å². The maximum Gasteiger partial charge on any atom is 0.416 e. The lowest BCUT2D eigenvalue weighted by Crippen LogP contribution is -2.16. The van der Waals surface area contributed by atoms with Gasteiger partial charge in [-0.3, -0.25) is 4.79 Å². The second-order valence-corrected chi connectivity index (χ2v) is 8.47. The van der Waals surface area contributed by atoms with Gasteiger partial charge in [0.2, 0.25) is 5.91 Å². The molecule has 1 atom stereocenters. The SMILES string of the molecule is CCn1c(SCC(=O)Nc2cccc(C(F)(F)F)c2)nnc1C(C)Oc1ccc(C)cc1C. The number of aryl methyl sites for hydroxylation is 2. The highest BCUT2D eigenvalue weighted by Crippen LogP contribution is 2.31. The summed E-state index contributed by atoms with van der Waals surface area (Å²) in [6.07, 6.45) is -4.84. The number of amides is 1. The van der Waals surface area contributed by atoms with Gasteiger partial charge in [-0.15, -0.1) is 10.2 Å². The third-order valence-corrected chi connectivity index (χ3v) is 5.83. The third kappa shape index (κ3) is 6.28. The molecular formula is C23H25F3N4O2S. The number of carbonyl (C=O) groups is 1. The number of hydrogen-bond donors (Lipinski definition) is 1. The molecule has 0 radical (unpaired) electrons. The Bertz CT molecular complexity index is 1130. The van der Waals surface area contributed by atoms with Crippen molar-refractivity contribution >= 4 is 23.4 Å². The summed E-state index contributed by atoms with van der Waals surface area (Å²) >= 11 is 1.16. The highest BCUT2D eigenvalue weighted by molar-refractivity contribution is 7.99. The fourth-order valence-corrected chi connectivity index (χ4v) is 4.09. The van der Waals surface area contributed by atoms with E-state index in [1.165, 1.54) is 12.1 Å². The van der Waals surface area contributed by atoms with E-state index in [9.17, 15) is 18.0 Å². The average Bonchev–Trinajstić information content (AvgIpc) is 3.17. The summed E-state index contributed by atoms with van der Waals surface area (Å²) < 4.78 is 46.5. The van der Waals surface area contributed by atoms with E-state index in [0.29, 0.717) is 17.5 Å². The van der Waals surface area contributed by atoms with Gasteiger partial charge >= 0.3 is 6.18 Å². The van der Waals surface area contributed by atoms with Crippen molar-refractivity contribution in [3.05, 3.63) is 65.0 Å². The zero-order valence-corrected chi connectivity index (χ0v) is 19.5. The molecule has 1 aromatic heterocycles. The van der Waals surface area contributed by atoms with Crippen molar-refractivity contribution in [2.45, 2.75) is 51.7 Å². The molecule has 3 rings (SSSR count). The molecule has 0 saturated heterocycles. The highest BCUT2D eigenvalue weighted by Gasteiger charge is 2.30. The minimum absolute atomic E-state index is 0.0271. The van der Waals surface area contributed by atoms with Crippen LogP contribution in [0, 0.1) is 13.8 Å². The molecule has 33 heavy (non-hydrogen) atoms. The summed E-state index contributed by atoms with van der Waals surface area (Å²) in [7, 11) is 0. The molecular weight excluding hydrogens is 453 g/mol. The molecule has 0 aliphatic carbocycles. The normalized spacial score (nSPS) is 12.5. The van der Waals surface area contributed by atoms with E-state index in [-0.39, 0.29) is 17.5 Å². The van der Waals surface area contributed by atoms with Crippen molar-refractivity contribution in [3.63, 3.8) is 0 Å². The first-order valence-electron chi connectivity index (χ1n) is 10.4. The number of ether oxygens (including phenoxy) is 1. The fraction of sp³-hybridized carbons (Fsp3) is 0.348. The first-order valence-corrected chi connectivity index (χ1v) is 11.3. The molecule has 2 aromatic carbocycles. The molecule has 0 saturated carbocycles. The summed E-state index contributed by atoms with van der Waals surface area (Å²) in [6.45, 7) is 8.37. The Morgan fingerprint density at radius 1 is 1.18 bits per heavy atom. The van der Waals surface area contributed by atoms with Crippen LogP contribution in [-0.2, 0) is 17.5 Å². The number of benzene rings is 2. The molecule has 0 aliphatic heterocycles. The van der Waals surface area contributed by atoms with Gasteiger partial charge in [-0.05, 0) is 57.5 Å². The van der Waals surface area contributed by atoms with E-state index < -0.39 is 17.6 Å². The molecule has 1 amide bonds. The average molecular weight is 479 g/mol. The molecule has 10 heteroatoms. The van der Waals surface area contributed by atoms with Gasteiger partial charge in [0.25, 0.3) is 0 Å². The lowest BCUT2D eigenvalue weighted by molar-refractivity contribution is -0.137. The monoisotopic (exact) mass is 478 g/mol. The van der Waals surface area contributed by atoms with Crippen LogP contribution in [0.5, 0.6) is 5.75 Å². The van der Waals surface area contributed by atoms with Crippen molar-refractivity contribution in [2.75, 3.05) is 11.1 Å². The van der Waals surface area contributed by atoms with E-state index in [2.05, 4.69) is 15.5 Å². The molecule has 176 valence electrons. The van der Waals surface area contributed by atoms with Crippen LogP contribution in [0.25, 0.3) is 0 Å². The van der Waals surface area contributed by atoms with Crippen LogP contribution in [0.4, 0.5) is 18.9 Å². The summed E-state index contributed by atoms with van der Waals surface area (Å²) in [4.78, 5) is 12.3. The number of alkyl halides is 3. The van der Waals surface area contributed by atoms with Crippen LogP contribution in [0.1, 0.15) is 42.5 Å². The second kappa shape index (κ2) is 10.3. The van der Waals surface area contributed by atoms with Crippen molar-refractivity contribution in [1.82, 2.24) is 14.8 Å². The van der Waals surface area contributed by atoms with Crippen LogP contribution in [0.2, 0.25) is 0 Å². The lowest BCUT2D eigenvalue weighted by Gasteiger charge is -2.17. The predicted octanol–water partition coefficient (Wildman–Crippen LogP) is 5.80. The molecule has 1 N–H and O–H groups in total. The van der Waals surface area contributed by atoms with Crippen molar-refractivity contribution in [1.29, 1.82) is 0 Å². The number of halogens is 3. The number of nitrogens with zero attached hydrogens (tertiary/aromatic N) is 3. The number of nitrogens with one attached hydrogen (secondary N) is 1. The first-order chi connectivity index (χ1) is 15.6. The molecule has 3 aromatic rings. The summed E-state index contributed by atoms with van der Waals surface area (Å²) in [5, 5.41) is 11.4. The number of thioether (sulfide) groups is 1. The Balaban J connectivity index is 1.64. The Morgan fingerprint density at radius 3 is 2.61 bits per heavy atom. The quantitative estimate of drug-likeness (QED) is 0.414. The van der Waals surface area contributed by atoms with E-state index >= 15 is 0 Å². The van der Waals surface area contributed by atoms with Gasteiger partial charge < -0.3 is 14.6 Å². The Morgan fingerprint density at radius 2 is 1.94 bits per heavy atom. The standard InChI is InChI=1S/C23H25F3N4O2S/c1-5-30-21(16(4)32-19-10-9-14(2)11-15(19)3)28-29-22(30)33-13-20(31)27-18-8-6-7-17(12-18)23(24,25)26/h6-12,16H,5,13H2,1-4H3,(H,27,31). The maximum absolute atomic E-state index is 12.9. The third-order valence-electron chi connectivity index (χ3n) is 4.87. The van der Waals surface area contributed by atoms with Crippen LogP contribution in [0.15, 0.2) is 47.6 Å². The molecule has 1 heterocycles. The zero-order chi connectivity index (χ0) is 24.2. The number of hydrogen-bond acceptors (Lipinski definition) is 5. The van der Waals surface area contributed by atoms with Crippen LogP contribution in [0.3, 0.4) is 0 Å². The second-order valence-electron chi connectivity index (χ2n) is 7.53. The van der Waals surface area contributed by atoms with Gasteiger partial charge in [-0.2, -0.15) is 13.2 Å². The smallest absolute Gasteiger partial charge is 0.416 e. The van der Waals surface area contributed by atoms with Gasteiger partial charge in [0.15, 0.2) is 17.1 Å². The first kappa shape index (κ1) is 24.6.